The summed E-state index contributed by atoms with van der Waals surface area (Å²) in [6.45, 7) is 6.23. The van der Waals surface area contributed by atoms with Gasteiger partial charge in [0.1, 0.15) is 0 Å². The fourth-order valence-electron chi connectivity index (χ4n) is 0.667. The summed E-state index contributed by atoms with van der Waals surface area (Å²) in [5, 5.41) is 0. The van der Waals surface area contributed by atoms with Crippen molar-refractivity contribution in [1.29, 1.82) is 0 Å². The van der Waals surface area contributed by atoms with Crippen molar-refractivity contribution in [2.75, 3.05) is 24.7 Å². The Labute approximate surface area is 84.4 Å². The minimum atomic E-state index is 0.923. The van der Waals surface area contributed by atoms with Gasteiger partial charge in [0.05, 0.1) is 0 Å². The Hall–Kier alpha value is 0.660. The Balaban J connectivity index is 2.73. The summed E-state index contributed by atoms with van der Waals surface area (Å²) >= 11 is 0. The monoisotopic (exact) mass is 208 g/mol. The Bertz CT molecular complexity index is 68.9. The highest BCUT2D eigenvalue weighted by molar-refractivity contribution is 8.76. The molecule has 0 aromatic heterocycles. The lowest BCUT2D eigenvalue weighted by atomic mass is 10.5. The molecule has 0 aliphatic rings. The van der Waals surface area contributed by atoms with Gasteiger partial charge in [-0.25, -0.2) is 0 Å². The van der Waals surface area contributed by atoms with Gasteiger partial charge in [-0.15, -0.1) is 0 Å². The quantitative estimate of drug-likeness (QED) is 0.423. The van der Waals surface area contributed by atoms with Crippen molar-refractivity contribution < 1.29 is 4.74 Å². The summed E-state index contributed by atoms with van der Waals surface area (Å²) in [5.41, 5.74) is 0. The summed E-state index contributed by atoms with van der Waals surface area (Å²) < 4.78 is 5.37. The molecular weight excluding hydrogens is 188 g/mol. The first-order valence-corrected chi connectivity index (χ1v) is 7.22. The van der Waals surface area contributed by atoms with Gasteiger partial charge in [-0.05, 0) is 19.3 Å². The van der Waals surface area contributed by atoms with E-state index in [1.165, 1.54) is 24.3 Å². The van der Waals surface area contributed by atoms with E-state index in [9.17, 15) is 0 Å². The molecule has 0 amide bonds. The number of ether oxygens (including phenoxy) is 1. The molecular formula is C9H20OS2. The molecule has 0 atom stereocenters. The lowest BCUT2D eigenvalue weighted by Crippen LogP contribution is -1.96. The molecule has 0 bridgehead atoms. The van der Waals surface area contributed by atoms with Crippen molar-refractivity contribution in [3.8, 4) is 0 Å². The van der Waals surface area contributed by atoms with Crippen molar-refractivity contribution in [3.63, 3.8) is 0 Å². The van der Waals surface area contributed by atoms with E-state index in [4.69, 9.17) is 4.74 Å². The zero-order valence-electron chi connectivity index (χ0n) is 8.17. The molecule has 0 saturated heterocycles. The van der Waals surface area contributed by atoms with Gasteiger partial charge in [0.2, 0.25) is 0 Å². The van der Waals surface area contributed by atoms with Gasteiger partial charge in [0.15, 0.2) is 0 Å². The summed E-state index contributed by atoms with van der Waals surface area (Å²) in [5.74, 6) is 2.51. The maximum Gasteiger partial charge on any atom is 0.0474 e. The highest BCUT2D eigenvalue weighted by atomic mass is 33.1. The van der Waals surface area contributed by atoms with E-state index in [2.05, 4.69) is 13.8 Å². The van der Waals surface area contributed by atoms with Crippen LogP contribution in [-0.2, 0) is 4.74 Å². The average molecular weight is 208 g/mol. The van der Waals surface area contributed by atoms with Gasteiger partial charge in [-0.2, -0.15) is 0 Å². The third kappa shape index (κ3) is 10.7. The van der Waals surface area contributed by atoms with Gasteiger partial charge < -0.3 is 4.74 Å². The molecule has 0 saturated carbocycles. The van der Waals surface area contributed by atoms with Crippen molar-refractivity contribution in [1.82, 2.24) is 0 Å². The first kappa shape index (κ1) is 12.7. The Kier molecular flexibility index (Phi) is 12.3. The molecule has 0 aromatic rings. The van der Waals surface area contributed by atoms with Gasteiger partial charge in [-0.3, -0.25) is 0 Å². The smallest absolute Gasteiger partial charge is 0.0474 e. The van der Waals surface area contributed by atoms with E-state index in [-0.39, 0.29) is 0 Å². The largest absolute Gasteiger partial charge is 0.381 e. The van der Waals surface area contributed by atoms with Gasteiger partial charge in [0.25, 0.3) is 0 Å². The molecule has 0 heterocycles. The zero-order chi connectivity index (χ0) is 9.07. The van der Waals surface area contributed by atoms with Crippen molar-refractivity contribution in [2.24, 2.45) is 0 Å². The predicted octanol–water partition coefficient (Wildman–Crippen LogP) is 3.59. The van der Waals surface area contributed by atoms with Crippen molar-refractivity contribution in [2.45, 2.75) is 33.1 Å². The number of rotatable bonds is 9. The Morgan fingerprint density at radius 3 is 2.33 bits per heavy atom. The average Bonchev–Trinajstić information content (AvgIpc) is 2.10. The van der Waals surface area contributed by atoms with Crippen LogP contribution in [0.4, 0.5) is 0 Å². The Morgan fingerprint density at radius 2 is 1.67 bits per heavy atom. The Morgan fingerprint density at radius 1 is 0.917 bits per heavy atom. The normalized spacial score (nSPS) is 10.5. The molecule has 0 N–H and O–H groups in total. The van der Waals surface area contributed by atoms with Crippen molar-refractivity contribution in [3.05, 3.63) is 0 Å². The SMILES string of the molecule is CCCOCCCSSCCC. The van der Waals surface area contributed by atoms with Crippen LogP contribution in [0.25, 0.3) is 0 Å². The first-order chi connectivity index (χ1) is 5.91. The fourth-order valence-corrected chi connectivity index (χ4v) is 2.87. The maximum absolute atomic E-state index is 5.37. The lowest BCUT2D eigenvalue weighted by Gasteiger charge is -2.01. The molecule has 74 valence electrons. The van der Waals surface area contributed by atoms with Gasteiger partial charge in [0, 0.05) is 24.7 Å². The van der Waals surface area contributed by atoms with E-state index in [0.29, 0.717) is 0 Å². The molecule has 0 aliphatic heterocycles. The molecule has 0 fully saturated rings. The van der Waals surface area contributed by atoms with Crippen LogP contribution in [-0.4, -0.2) is 24.7 Å². The molecule has 0 spiro atoms. The fraction of sp³-hybridized carbons (Fsp3) is 1.00. The van der Waals surface area contributed by atoms with Crippen LogP contribution < -0.4 is 0 Å². The summed E-state index contributed by atoms with van der Waals surface area (Å²) in [7, 11) is 3.95. The molecule has 0 radical (unpaired) electrons. The van der Waals surface area contributed by atoms with Crippen LogP contribution >= 0.6 is 21.6 Å². The van der Waals surface area contributed by atoms with E-state index in [0.717, 1.165) is 19.6 Å². The van der Waals surface area contributed by atoms with Crippen LogP contribution in [0.5, 0.6) is 0 Å². The standard InChI is InChI=1S/C9H20OS2/c1-3-6-10-7-5-9-12-11-8-4-2/h3-9H2,1-2H3. The highest BCUT2D eigenvalue weighted by Crippen LogP contribution is 2.22. The predicted molar refractivity (Wildman–Crippen MR) is 60.9 cm³/mol. The highest BCUT2D eigenvalue weighted by Gasteiger charge is 1.90. The topological polar surface area (TPSA) is 9.23 Å². The summed E-state index contributed by atoms with van der Waals surface area (Å²) in [4.78, 5) is 0. The number of hydrogen-bond acceptors (Lipinski definition) is 3. The van der Waals surface area contributed by atoms with E-state index in [1.807, 2.05) is 21.6 Å². The molecule has 12 heavy (non-hydrogen) atoms. The minimum Gasteiger partial charge on any atom is -0.381 e. The van der Waals surface area contributed by atoms with Crippen LogP contribution in [0.1, 0.15) is 33.1 Å². The second-order valence-electron chi connectivity index (χ2n) is 2.61. The zero-order valence-corrected chi connectivity index (χ0v) is 9.81. The molecule has 0 unspecified atom stereocenters. The van der Waals surface area contributed by atoms with Crippen LogP contribution in [0.15, 0.2) is 0 Å². The maximum atomic E-state index is 5.37. The van der Waals surface area contributed by atoms with Gasteiger partial charge >= 0.3 is 0 Å². The molecule has 3 heteroatoms. The van der Waals surface area contributed by atoms with Crippen LogP contribution in [0.3, 0.4) is 0 Å². The first-order valence-electron chi connectivity index (χ1n) is 4.74. The third-order valence-corrected chi connectivity index (χ3v) is 3.93. The van der Waals surface area contributed by atoms with Gasteiger partial charge in [-0.1, -0.05) is 35.4 Å². The van der Waals surface area contributed by atoms with E-state index in [1.54, 1.807) is 0 Å². The molecule has 0 aromatic carbocycles. The molecule has 0 rings (SSSR count). The van der Waals surface area contributed by atoms with Crippen LogP contribution in [0, 0.1) is 0 Å². The lowest BCUT2D eigenvalue weighted by molar-refractivity contribution is 0.136. The van der Waals surface area contributed by atoms with Crippen LogP contribution in [0.2, 0.25) is 0 Å². The summed E-state index contributed by atoms with van der Waals surface area (Å²) in [6, 6.07) is 0. The molecule has 1 nitrogen and oxygen atoms in total. The second-order valence-corrected chi connectivity index (χ2v) is 5.31. The molecule has 0 aliphatic carbocycles. The van der Waals surface area contributed by atoms with E-state index < -0.39 is 0 Å². The minimum absolute atomic E-state index is 0.923. The third-order valence-electron chi connectivity index (χ3n) is 1.24. The summed E-state index contributed by atoms with van der Waals surface area (Å²) in [6.07, 6.45) is 3.61. The number of hydrogen-bond donors (Lipinski definition) is 0. The van der Waals surface area contributed by atoms with E-state index >= 15 is 0 Å². The van der Waals surface area contributed by atoms with Crippen molar-refractivity contribution >= 4 is 21.6 Å². The second kappa shape index (κ2) is 11.7.